The zero-order valence-electron chi connectivity index (χ0n) is 9.01. The van der Waals surface area contributed by atoms with Crippen LogP contribution in [-0.4, -0.2) is 26.6 Å². The third-order valence-electron chi connectivity index (χ3n) is 1.73. The molecule has 5 nitrogen and oxygen atoms in total. The lowest BCUT2D eigenvalue weighted by Crippen LogP contribution is -2.23. The molecule has 0 saturated heterocycles. The maximum atomic E-state index is 11.6. The lowest BCUT2D eigenvalue weighted by atomic mass is 10.5. The van der Waals surface area contributed by atoms with Gasteiger partial charge < -0.3 is 4.74 Å². The summed E-state index contributed by atoms with van der Waals surface area (Å²) >= 11 is 0. The average molecular weight is 242 g/mol. The number of rotatable bonds is 6. The number of hydrogen-bond donors (Lipinski definition) is 1. The van der Waals surface area contributed by atoms with Crippen LogP contribution in [-0.2, 0) is 10.0 Å². The van der Waals surface area contributed by atoms with Crippen LogP contribution < -0.4 is 9.46 Å². The van der Waals surface area contributed by atoms with E-state index >= 15 is 0 Å². The summed E-state index contributed by atoms with van der Waals surface area (Å²) in [6, 6.07) is 2.97. The van der Waals surface area contributed by atoms with E-state index in [0.717, 1.165) is 0 Å². The van der Waals surface area contributed by atoms with Gasteiger partial charge in [-0.15, -0.1) is 6.58 Å². The van der Waals surface area contributed by atoms with E-state index in [0.29, 0.717) is 12.5 Å². The second-order valence-electron chi connectivity index (χ2n) is 2.91. The molecule has 0 amide bonds. The molecule has 6 heteroatoms. The Labute approximate surface area is 95.2 Å². The average Bonchev–Trinajstić information content (AvgIpc) is 2.28. The molecule has 0 fully saturated rings. The summed E-state index contributed by atoms with van der Waals surface area (Å²) in [4.78, 5) is 3.98. The lowest BCUT2D eigenvalue weighted by molar-refractivity contribution is 0.326. The minimum Gasteiger partial charge on any atom is -0.478 e. The predicted octanol–water partition coefficient (Wildman–Crippen LogP) is 0.945. The van der Waals surface area contributed by atoms with Crippen molar-refractivity contribution in [1.82, 2.24) is 9.71 Å². The molecular weight excluding hydrogens is 228 g/mol. The largest absolute Gasteiger partial charge is 0.478 e. The number of aromatic nitrogens is 1. The highest BCUT2D eigenvalue weighted by molar-refractivity contribution is 7.89. The Hall–Kier alpha value is -1.40. The van der Waals surface area contributed by atoms with Crippen molar-refractivity contribution in [3.8, 4) is 5.88 Å². The molecule has 0 radical (unpaired) electrons. The first-order valence-electron chi connectivity index (χ1n) is 4.79. The Kier molecular flexibility index (Phi) is 4.45. The molecule has 0 atom stereocenters. The number of pyridine rings is 1. The van der Waals surface area contributed by atoms with E-state index in [4.69, 9.17) is 4.74 Å². The van der Waals surface area contributed by atoms with Crippen LogP contribution in [0, 0.1) is 0 Å². The van der Waals surface area contributed by atoms with Gasteiger partial charge in [0.2, 0.25) is 15.9 Å². The van der Waals surface area contributed by atoms with Crippen molar-refractivity contribution >= 4 is 10.0 Å². The van der Waals surface area contributed by atoms with Crippen LogP contribution in [0.25, 0.3) is 0 Å². The van der Waals surface area contributed by atoms with Crippen LogP contribution in [0.1, 0.15) is 6.92 Å². The molecule has 0 aliphatic carbocycles. The Morgan fingerprint density at radius 3 is 2.81 bits per heavy atom. The van der Waals surface area contributed by atoms with Crippen LogP contribution in [0.2, 0.25) is 0 Å². The molecule has 1 heterocycles. The maximum Gasteiger partial charge on any atom is 0.242 e. The molecule has 1 aromatic heterocycles. The van der Waals surface area contributed by atoms with Gasteiger partial charge >= 0.3 is 0 Å². The summed E-state index contributed by atoms with van der Waals surface area (Å²) in [6.07, 6.45) is 2.73. The van der Waals surface area contributed by atoms with Crippen molar-refractivity contribution in [2.45, 2.75) is 11.8 Å². The van der Waals surface area contributed by atoms with Gasteiger partial charge in [-0.2, -0.15) is 0 Å². The van der Waals surface area contributed by atoms with Gasteiger partial charge in [0, 0.05) is 12.6 Å². The molecule has 0 aliphatic rings. The Morgan fingerprint density at radius 2 is 2.31 bits per heavy atom. The molecule has 0 saturated carbocycles. The van der Waals surface area contributed by atoms with Crippen LogP contribution >= 0.6 is 0 Å². The summed E-state index contributed by atoms with van der Waals surface area (Å²) in [5.41, 5.74) is 0. The molecular formula is C10H14N2O3S. The highest BCUT2D eigenvalue weighted by atomic mass is 32.2. The normalized spacial score (nSPS) is 11.1. The molecule has 1 N–H and O–H groups in total. The smallest absolute Gasteiger partial charge is 0.242 e. The lowest BCUT2D eigenvalue weighted by Gasteiger charge is -2.05. The molecule has 0 bridgehead atoms. The number of nitrogens with zero attached hydrogens (tertiary/aromatic N) is 1. The van der Waals surface area contributed by atoms with E-state index in [-0.39, 0.29) is 11.4 Å². The van der Waals surface area contributed by atoms with Gasteiger partial charge in [-0.05, 0) is 13.0 Å². The Balaban J connectivity index is 2.84. The number of ether oxygens (including phenoxy) is 1. The first-order valence-corrected chi connectivity index (χ1v) is 6.28. The van der Waals surface area contributed by atoms with Gasteiger partial charge in [-0.25, -0.2) is 18.1 Å². The highest BCUT2D eigenvalue weighted by Crippen LogP contribution is 2.11. The zero-order chi connectivity index (χ0) is 12.0. The summed E-state index contributed by atoms with van der Waals surface area (Å²) in [7, 11) is -3.49. The van der Waals surface area contributed by atoms with Crippen LogP contribution in [0.15, 0.2) is 35.9 Å². The molecule has 0 aliphatic heterocycles. The van der Waals surface area contributed by atoms with Gasteiger partial charge in [0.1, 0.15) is 4.90 Å². The van der Waals surface area contributed by atoms with Crippen molar-refractivity contribution in [2.24, 2.45) is 0 Å². The van der Waals surface area contributed by atoms with E-state index in [1.54, 1.807) is 0 Å². The fraction of sp³-hybridized carbons (Fsp3) is 0.300. The summed E-state index contributed by atoms with van der Waals surface area (Å²) in [5.74, 6) is 0.408. The summed E-state index contributed by atoms with van der Waals surface area (Å²) in [5, 5.41) is 0. The van der Waals surface area contributed by atoms with Crippen LogP contribution in [0.5, 0.6) is 5.88 Å². The third-order valence-corrected chi connectivity index (χ3v) is 3.14. The van der Waals surface area contributed by atoms with E-state index in [2.05, 4.69) is 16.3 Å². The van der Waals surface area contributed by atoms with Crippen LogP contribution in [0.3, 0.4) is 0 Å². The standard InChI is InChI=1S/C10H14N2O3S/c1-3-7-12-16(13,14)9-5-6-10(11-8-9)15-4-2/h3,5-6,8,12H,1,4,7H2,2H3. The highest BCUT2D eigenvalue weighted by Gasteiger charge is 2.12. The SMILES string of the molecule is C=CCNS(=O)(=O)c1ccc(OCC)nc1. The zero-order valence-corrected chi connectivity index (χ0v) is 9.83. The first kappa shape index (κ1) is 12.7. The van der Waals surface area contributed by atoms with Crippen molar-refractivity contribution in [3.05, 3.63) is 31.0 Å². The van der Waals surface area contributed by atoms with Gasteiger partial charge in [-0.3, -0.25) is 0 Å². The second-order valence-corrected chi connectivity index (χ2v) is 4.67. The van der Waals surface area contributed by atoms with Gasteiger partial charge in [0.05, 0.1) is 12.8 Å². The van der Waals surface area contributed by atoms with Crippen LogP contribution in [0.4, 0.5) is 0 Å². The number of nitrogens with one attached hydrogen (secondary N) is 1. The van der Waals surface area contributed by atoms with E-state index < -0.39 is 10.0 Å². The quantitative estimate of drug-likeness (QED) is 0.754. The molecule has 1 rings (SSSR count). The molecule has 88 valence electrons. The topological polar surface area (TPSA) is 68.3 Å². The van der Waals surface area contributed by atoms with E-state index in [1.807, 2.05) is 6.92 Å². The fourth-order valence-electron chi connectivity index (χ4n) is 1.01. The number of hydrogen-bond acceptors (Lipinski definition) is 4. The predicted molar refractivity (Wildman–Crippen MR) is 60.8 cm³/mol. The second kappa shape index (κ2) is 5.62. The van der Waals surface area contributed by atoms with Gasteiger partial charge in [0.25, 0.3) is 0 Å². The molecule has 16 heavy (non-hydrogen) atoms. The minimum atomic E-state index is -3.49. The van der Waals surface area contributed by atoms with Crippen molar-refractivity contribution in [3.63, 3.8) is 0 Å². The summed E-state index contributed by atoms with van der Waals surface area (Å²) < 4.78 is 30.7. The van der Waals surface area contributed by atoms with Crippen molar-refractivity contribution < 1.29 is 13.2 Å². The van der Waals surface area contributed by atoms with Gasteiger partial charge in [-0.1, -0.05) is 6.08 Å². The fourth-order valence-corrected chi connectivity index (χ4v) is 1.95. The maximum absolute atomic E-state index is 11.6. The Bertz CT molecular complexity index is 440. The molecule has 0 spiro atoms. The van der Waals surface area contributed by atoms with Crippen molar-refractivity contribution in [1.29, 1.82) is 0 Å². The summed E-state index contributed by atoms with van der Waals surface area (Å²) in [6.45, 7) is 5.95. The molecule has 0 unspecified atom stereocenters. The van der Waals surface area contributed by atoms with Gasteiger partial charge in [0.15, 0.2) is 0 Å². The molecule has 0 aromatic carbocycles. The van der Waals surface area contributed by atoms with E-state index in [9.17, 15) is 8.42 Å². The van der Waals surface area contributed by atoms with E-state index in [1.165, 1.54) is 24.4 Å². The third kappa shape index (κ3) is 3.32. The first-order chi connectivity index (χ1) is 7.60. The van der Waals surface area contributed by atoms with Crippen molar-refractivity contribution in [2.75, 3.05) is 13.2 Å². The monoisotopic (exact) mass is 242 g/mol. The Morgan fingerprint density at radius 1 is 1.56 bits per heavy atom. The molecule has 1 aromatic rings. The number of sulfonamides is 1. The minimum absolute atomic E-state index is 0.109.